The zero-order valence-electron chi connectivity index (χ0n) is 28.8. The van der Waals surface area contributed by atoms with Crippen LogP contribution < -0.4 is 4.90 Å². The molecule has 1 amide bonds. The molecule has 0 radical (unpaired) electrons. The molecule has 1 spiro atoms. The van der Waals surface area contributed by atoms with Gasteiger partial charge in [-0.25, -0.2) is 0 Å². The van der Waals surface area contributed by atoms with Crippen molar-refractivity contribution >= 4 is 47.1 Å². The highest BCUT2D eigenvalue weighted by Gasteiger charge is 2.78. The second-order valence-electron chi connectivity index (χ2n) is 12.8. The quantitative estimate of drug-likeness (QED) is 0.0933. The third-order valence-electron chi connectivity index (χ3n) is 9.96. The molecule has 0 aromatic heterocycles. The second kappa shape index (κ2) is 15.4. The zero-order chi connectivity index (χ0) is 36.9. The van der Waals surface area contributed by atoms with E-state index in [0.29, 0.717) is 16.8 Å². The Morgan fingerprint density at radius 2 is 1.29 bits per heavy atom. The van der Waals surface area contributed by atoms with Crippen LogP contribution in [0.15, 0.2) is 109 Å². The Balaban J connectivity index is 1.58. The van der Waals surface area contributed by atoms with E-state index in [1.54, 1.807) is 85.8 Å². The highest BCUT2D eigenvalue weighted by Crippen LogP contribution is 2.66. The Kier molecular flexibility index (Phi) is 10.8. The smallest absolute Gasteiger partial charge is 0.324 e. The van der Waals surface area contributed by atoms with Crippen molar-refractivity contribution in [2.24, 2.45) is 17.3 Å². The number of anilines is 1. The fourth-order valence-electron chi connectivity index (χ4n) is 7.77. The first-order chi connectivity index (χ1) is 25.2. The van der Waals surface area contributed by atoms with Crippen molar-refractivity contribution in [1.29, 1.82) is 0 Å². The largest absolute Gasteiger partial charge is 0.469 e. The van der Waals surface area contributed by atoms with Gasteiger partial charge in [0.2, 0.25) is 5.91 Å². The van der Waals surface area contributed by atoms with Crippen molar-refractivity contribution in [3.63, 3.8) is 0 Å². The zero-order valence-corrected chi connectivity index (χ0v) is 29.5. The number of carbonyl (C=O) groups is 5. The van der Waals surface area contributed by atoms with Gasteiger partial charge in [-0.1, -0.05) is 115 Å². The molecular weight excluding hydrogens is 686 g/mol. The SMILES string of the molecule is CCOC(=O)[C@@H]1C(C(=O)OCc2ccccc2)(C(=O)OCc2ccccc2)C[C@H](CC(=O)OC)[C@@]12C(=O)N(Cc1ccccc1)c1c(Cl)cccc12. The van der Waals surface area contributed by atoms with Gasteiger partial charge >= 0.3 is 23.9 Å². The minimum atomic E-state index is -2.44. The summed E-state index contributed by atoms with van der Waals surface area (Å²) in [4.78, 5) is 74.4. The number of rotatable bonds is 12. The number of halogens is 1. The van der Waals surface area contributed by atoms with Crippen LogP contribution in [0.2, 0.25) is 5.02 Å². The summed E-state index contributed by atoms with van der Waals surface area (Å²) in [5, 5.41) is 0.203. The van der Waals surface area contributed by atoms with Crippen molar-refractivity contribution in [2.75, 3.05) is 18.6 Å². The molecular formula is C41H38ClNO9. The summed E-state index contributed by atoms with van der Waals surface area (Å²) in [5.41, 5.74) is -1.87. The fraction of sp³-hybridized carbons (Fsp3) is 0.293. The summed E-state index contributed by atoms with van der Waals surface area (Å²) < 4.78 is 22.5. The van der Waals surface area contributed by atoms with Crippen LogP contribution in [0.3, 0.4) is 0 Å². The molecule has 268 valence electrons. The standard InChI is InChI=1S/C41H38ClNO9/c1-3-50-36(45)35-40(38(47)51-25-28-16-9-5-10-17-28,39(48)52-26-29-18-11-6-12-19-29)23-30(22-33(44)49-2)41(35)31-20-13-21-32(42)34(31)43(37(41)46)24-27-14-7-4-8-15-27/h4-21,30,35H,3,22-26H2,1-2H3/t30-,35+,41-/m0/s1. The van der Waals surface area contributed by atoms with Crippen molar-refractivity contribution < 1.29 is 42.9 Å². The highest BCUT2D eigenvalue weighted by atomic mass is 35.5. The Labute approximate surface area is 306 Å². The van der Waals surface area contributed by atoms with E-state index in [4.69, 9.17) is 30.5 Å². The van der Waals surface area contributed by atoms with Crippen molar-refractivity contribution in [1.82, 2.24) is 0 Å². The van der Waals surface area contributed by atoms with Gasteiger partial charge in [-0.05, 0) is 47.6 Å². The number of nitrogens with zero attached hydrogens (tertiary/aromatic N) is 1. The molecule has 10 nitrogen and oxygen atoms in total. The van der Waals surface area contributed by atoms with Crippen LogP contribution in [0.1, 0.15) is 42.0 Å². The molecule has 0 N–H and O–H groups in total. The van der Waals surface area contributed by atoms with Crippen LogP contribution in [0.25, 0.3) is 0 Å². The number of benzene rings is 4. The Hall–Kier alpha value is -5.48. The van der Waals surface area contributed by atoms with Gasteiger partial charge in [0.15, 0.2) is 5.41 Å². The average Bonchev–Trinajstić information content (AvgIpc) is 3.61. The Morgan fingerprint density at radius 1 is 0.750 bits per heavy atom. The Bertz CT molecular complexity index is 1900. The number of para-hydroxylation sites is 1. The Morgan fingerprint density at radius 3 is 1.81 bits per heavy atom. The van der Waals surface area contributed by atoms with Crippen LogP contribution in [0.5, 0.6) is 0 Å². The van der Waals surface area contributed by atoms with E-state index in [-0.39, 0.29) is 37.0 Å². The first kappa shape index (κ1) is 36.3. The minimum absolute atomic E-state index is 0.0442. The van der Waals surface area contributed by atoms with Gasteiger partial charge in [-0.15, -0.1) is 0 Å². The lowest BCUT2D eigenvalue weighted by Crippen LogP contribution is -2.56. The summed E-state index contributed by atoms with van der Waals surface area (Å²) in [7, 11) is 1.20. The van der Waals surface area contributed by atoms with Gasteiger partial charge in [-0.3, -0.25) is 24.0 Å². The van der Waals surface area contributed by atoms with Gasteiger partial charge in [0.05, 0.1) is 36.4 Å². The molecule has 11 heteroatoms. The van der Waals surface area contributed by atoms with Gasteiger partial charge in [0.25, 0.3) is 0 Å². The van der Waals surface area contributed by atoms with E-state index in [1.165, 1.54) is 12.0 Å². The van der Waals surface area contributed by atoms with Gasteiger partial charge in [-0.2, -0.15) is 0 Å². The number of ether oxygens (including phenoxy) is 4. The van der Waals surface area contributed by atoms with Crippen LogP contribution in [0, 0.1) is 17.3 Å². The normalized spacial score (nSPS) is 19.9. The van der Waals surface area contributed by atoms with Crippen LogP contribution in [-0.4, -0.2) is 43.5 Å². The fourth-order valence-corrected chi connectivity index (χ4v) is 8.04. The summed E-state index contributed by atoms with van der Waals surface area (Å²) in [6, 6.07) is 31.7. The maximum Gasteiger partial charge on any atom is 0.324 e. The molecule has 6 rings (SSSR count). The molecule has 0 bridgehead atoms. The predicted molar refractivity (Wildman–Crippen MR) is 191 cm³/mol. The lowest BCUT2D eigenvalue weighted by molar-refractivity contribution is -0.185. The topological polar surface area (TPSA) is 126 Å². The molecule has 52 heavy (non-hydrogen) atoms. The maximum absolute atomic E-state index is 15.4. The number of fused-ring (bicyclic) bond motifs is 2. The van der Waals surface area contributed by atoms with Crippen molar-refractivity contribution in [2.45, 2.75) is 44.9 Å². The monoisotopic (exact) mass is 723 g/mol. The number of carbonyl (C=O) groups excluding carboxylic acids is 5. The maximum atomic E-state index is 15.4. The lowest BCUT2D eigenvalue weighted by atomic mass is 9.63. The molecule has 1 heterocycles. The highest BCUT2D eigenvalue weighted by molar-refractivity contribution is 6.35. The summed E-state index contributed by atoms with van der Waals surface area (Å²) >= 11 is 6.87. The number of hydrogen-bond donors (Lipinski definition) is 0. The van der Waals surface area contributed by atoms with Crippen LogP contribution in [-0.2, 0) is 68.1 Å². The molecule has 1 saturated carbocycles. The van der Waals surface area contributed by atoms with E-state index >= 15 is 4.79 Å². The molecule has 1 aliphatic heterocycles. The molecule has 1 fully saturated rings. The van der Waals surface area contributed by atoms with Gasteiger partial charge in [0, 0.05) is 6.42 Å². The third kappa shape index (κ3) is 6.43. The summed E-state index contributed by atoms with van der Waals surface area (Å²) in [6.45, 7) is 1.01. The summed E-state index contributed by atoms with van der Waals surface area (Å²) in [5.74, 6) is -7.48. The lowest BCUT2D eigenvalue weighted by Gasteiger charge is -2.37. The average molecular weight is 724 g/mol. The summed E-state index contributed by atoms with van der Waals surface area (Å²) in [6.07, 6.45) is -0.896. The van der Waals surface area contributed by atoms with E-state index in [2.05, 4.69) is 0 Å². The van der Waals surface area contributed by atoms with E-state index in [1.807, 2.05) is 30.3 Å². The first-order valence-electron chi connectivity index (χ1n) is 17.0. The van der Waals surface area contributed by atoms with E-state index in [9.17, 15) is 19.2 Å². The third-order valence-corrected chi connectivity index (χ3v) is 10.3. The van der Waals surface area contributed by atoms with Gasteiger partial charge < -0.3 is 23.8 Å². The van der Waals surface area contributed by atoms with E-state index in [0.717, 1.165) is 5.56 Å². The number of esters is 4. The molecule has 2 aliphatic rings. The van der Waals surface area contributed by atoms with Crippen molar-refractivity contribution in [3.8, 4) is 0 Å². The molecule has 3 atom stereocenters. The minimum Gasteiger partial charge on any atom is -0.469 e. The number of amides is 1. The van der Waals surface area contributed by atoms with Crippen molar-refractivity contribution in [3.05, 3.63) is 136 Å². The molecule has 1 aliphatic carbocycles. The second-order valence-corrected chi connectivity index (χ2v) is 13.3. The van der Waals surface area contributed by atoms with Crippen LogP contribution >= 0.6 is 11.6 Å². The molecule has 0 saturated heterocycles. The predicted octanol–water partition coefficient (Wildman–Crippen LogP) is 6.36. The molecule has 0 unspecified atom stereocenters. The number of hydrogen-bond acceptors (Lipinski definition) is 9. The first-order valence-corrected chi connectivity index (χ1v) is 17.4. The van der Waals surface area contributed by atoms with Gasteiger partial charge in [0.1, 0.15) is 19.1 Å². The number of methoxy groups -OCH3 is 1. The van der Waals surface area contributed by atoms with E-state index < -0.39 is 65.3 Å². The molecule has 4 aromatic rings. The molecule has 4 aromatic carbocycles. The van der Waals surface area contributed by atoms with Crippen LogP contribution in [0.4, 0.5) is 5.69 Å².